The van der Waals surface area contributed by atoms with Crippen molar-refractivity contribution in [1.82, 2.24) is 10.1 Å². The van der Waals surface area contributed by atoms with Crippen LogP contribution in [0.25, 0.3) is 10.9 Å². The zero-order valence-electron chi connectivity index (χ0n) is 15.4. The SMILES string of the molecule is Cc1noc(CC(Cc2ccc3ccccc3n2)c2ccccc2)c1[N+](=O)[O-]. The van der Waals surface area contributed by atoms with Crippen LogP contribution in [0.3, 0.4) is 0 Å². The quantitative estimate of drug-likeness (QED) is 0.350. The molecule has 0 amide bonds. The van der Waals surface area contributed by atoms with E-state index in [0.717, 1.165) is 22.2 Å². The van der Waals surface area contributed by atoms with Crippen LogP contribution < -0.4 is 0 Å². The van der Waals surface area contributed by atoms with Gasteiger partial charge in [-0.1, -0.05) is 59.8 Å². The molecule has 0 fully saturated rings. The van der Waals surface area contributed by atoms with E-state index < -0.39 is 4.92 Å². The zero-order chi connectivity index (χ0) is 19.5. The van der Waals surface area contributed by atoms with Gasteiger partial charge in [-0.15, -0.1) is 0 Å². The monoisotopic (exact) mass is 373 g/mol. The van der Waals surface area contributed by atoms with Crippen molar-refractivity contribution in [1.29, 1.82) is 0 Å². The van der Waals surface area contributed by atoms with E-state index in [1.165, 1.54) is 0 Å². The smallest absolute Gasteiger partial charge is 0.334 e. The Labute approximate surface area is 162 Å². The lowest BCUT2D eigenvalue weighted by Crippen LogP contribution is -2.09. The van der Waals surface area contributed by atoms with E-state index in [4.69, 9.17) is 9.51 Å². The van der Waals surface area contributed by atoms with Crippen molar-refractivity contribution in [2.45, 2.75) is 25.7 Å². The lowest BCUT2D eigenvalue weighted by molar-refractivity contribution is -0.386. The molecule has 2 heterocycles. The predicted molar refractivity (Wildman–Crippen MR) is 106 cm³/mol. The summed E-state index contributed by atoms with van der Waals surface area (Å²) in [6, 6.07) is 22.0. The summed E-state index contributed by atoms with van der Waals surface area (Å²) in [6.45, 7) is 1.59. The van der Waals surface area contributed by atoms with E-state index >= 15 is 0 Å². The molecule has 1 atom stereocenters. The van der Waals surface area contributed by atoms with E-state index in [2.05, 4.69) is 11.2 Å². The third-order valence-electron chi connectivity index (χ3n) is 4.90. The fourth-order valence-electron chi connectivity index (χ4n) is 3.51. The fraction of sp³-hybridized carbons (Fsp3) is 0.182. The maximum Gasteiger partial charge on any atom is 0.334 e. The van der Waals surface area contributed by atoms with Crippen LogP contribution in [0.15, 0.2) is 71.3 Å². The van der Waals surface area contributed by atoms with Gasteiger partial charge in [0.1, 0.15) is 0 Å². The maximum absolute atomic E-state index is 11.4. The minimum atomic E-state index is -0.419. The number of aromatic nitrogens is 2. The summed E-state index contributed by atoms with van der Waals surface area (Å²) in [4.78, 5) is 15.8. The molecule has 2 aromatic heterocycles. The average molecular weight is 373 g/mol. The van der Waals surface area contributed by atoms with Crippen molar-refractivity contribution in [2.24, 2.45) is 0 Å². The molecule has 28 heavy (non-hydrogen) atoms. The normalized spacial score (nSPS) is 12.2. The number of aryl methyl sites for hydroxylation is 1. The van der Waals surface area contributed by atoms with Gasteiger partial charge in [0.2, 0.25) is 5.76 Å². The van der Waals surface area contributed by atoms with Gasteiger partial charge in [-0.05, 0) is 37.0 Å². The van der Waals surface area contributed by atoms with Gasteiger partial charge in [0, 0.05) is 17.5 Å². The molecule has 0 aliphatic heterocycles. The van der Waals surface area contributed by atoms with Crippen LogP contribution in [-0.2, 0) is 12.8 Å². The van der Waals surface area contributed by atoms with Gasteiger partial charge in [0.05, 0.1) is 10.4 Å². The molecule has 0 bridgehead atoms. The van der Waals surface area contributed by atoms with Gasteiger partial charge >= 0.3 is 5.69 Å². The lowest BCUT2D eigenvalue weighted by Gasteiger charge is -2.16. The second kappa shape index (κ2) is 7.60. The molecular weight excluding hydrogens is 354 g/mol. The van der Waals surface area contributed by atoms with E-state index in [0.29, 0.717) is 24.3 Å². The average Bonchev–Trinajstić information content (AvgIpc) is 3.08. The highest BCUT2D eigenvalue weighted by Gasteiger charge is 2.27. The molecule has 0 N–H and O–H groups in total. The van der Waals surface area contributed by atoms with Gasteiger partial charge in [0.15, 0.2) is 5.69 Å². The fourth-order valence-corrected chi connectivity index (χ4v) is 3.51. The third-order valence-corrected chi connectivity index (χ3v) is 4.90. The number of para-hydroxylation sites is 1. The summed E-state index contributed by atoms with van der Waals surface area (Å²) in [5.74, 6) is 0.290. The van der Waals surface area contributed by atoms with Crippen molar-refractivity contribution >= 4 is 16.6 Å². The Balaban J connectivity index is 1.69. The second-order valence-corrected chi connectivity index (χ2v) is 6.81. The van der Waals surface area contributed by atoms with E-state index in [-0.39, 0.29) is 11.6 Å². The van der Waals surface area contributed by atoms with Gasteiger partial charge in [-0.3, -0.25) is 15.1 Å². The first-order valence-corrected chi connectivity index (χ1v) is 9.11. The molecule has 140 valence electrons. The van der Waals surface area contributed by atoms with Crippen LogP contribution in [0.5, 0.6) is 0 Å². The van der Waals surface area contributed by atoms with E-state index in [1.54, 1.807) is 6.92 Å². The minimum Gasteiger partial charge on any atom is -0.354 e. The third kappa shape index (κ3) is 3.62. The highest BCUT2D eigenvalue weighted by Crippen LogP contribution is 2.31. The summed E-state index contributed by atoms with van der Waals surface area (Å²) < 4.78 is 5.30. The van der Waals surface area contributed by atoms with Crippen molar-refractivity contribution in [2.75, 3.05) is 0 Å². The Morgan fingerprint density at radius 3 is 2.54 bits per heavy atom. The Morgan fingerprint density at radius 1 is 1.00 bits per heavy atom. The standard InChI is InChI=1S/C22H19N3O3/c1-15-22(25(26)27)21(28-24-15)14-18(16-7-3-2-4-8-16)13-19-12-11-17-9-5-6-10-20(17)23-19/h2-12,18H,13-14H2,1H3. The Kier molecular flexibility index (Phi) is 4.85. The number of pyridine rings is 1. The number of fused-ring (bicyclic) bond motifs is 1. The number of nitrogens with zero attached hydrogens (tertiary/aromatic N) is 3. The first-order chi connectivity index (χ1) is 13.6. The van der Waals surface area contributed by atoms with Crippen LogP contribution in [0.2, 0.25) is 0 Å². The summed E-state index contributed by atoms with van der Waals surface area (Å²) in [5, 5.41) is 16.3. The zero-order valence-corrected chi connectivity index (χ0v) is 15.4. The van der Waals surface area contributed by atoms with E-state index in [1.807, 2.05) is 60.7 Å². The van der Waals surface area contributed by atoms with Crippen LogP contribution in [-0.4, -0.2) is 15.1 Å². The molecule has 0 aliphatic carbocycles. The summed E-state index contributed by atoms with van der Waals surface area (Å²) in [7, 11) is 0. The minimum absolute atomic E-state index is 0.0130. The molecule has 0 saturated carbocycles. The summed E-state index contributed by atoms with van der Waals surface area (Å²) in [6.07, 6.45) is 1.03. The van der Waals surface area contributed by atoms with Crippen LogP contribution in [0.4, 0.5) is 5.69 Å². The lowest BCUT2D eigenvalue weighted by atomic mass is 9.89. The molecule has 4 aromatic rings. The molecule has 0 spiro atoms. The maximum atomic E-state index is 11.4. The first-order valence-electron chi connectivity index (χ1n) is 9.11. The number of benzene rings is 2. The Hall–Kier alpha value is -3.54. The molecular formula is C22H19N3O3. The van der Waals surface area contributed by atoms with E-state index in [9.17, 15) is 10.1 Å². The van der Waals surface area contributed by atoms with Crippen molar-refractivity contribution in [3.8, 4) is 0 Å². The molecule has 1 unspecified atom stereocenters. The Morgan fingerprint density at radius 2 is 1.75 bits per heavy atom. The predicted octanol–water partition coefficient (Wildman–Crippen LogP) is 5.01. The molecule has 6 heteroatoms. The Bertz CT molecular complexity index is 1120. The number of nitro groups is 1. The molecule has 0 saturated heterocycles. The summed E-state index contributed by atoms with van der Waals surface area (Å²) in [5.41, 5.74) is 3.23. The second-order valence-electron chi connectivity index (χ2n) is 6.81. The molecule has 2 aromatic carbocycles. The molecule has 4 rings (SSSR count). The van der Waals surface area contributed by atoms with Crippen molar-refractivity contribution in [3.63, 3.8) is 0 Å². The van der Waals surface area contributed by atoms with Gasteiger partial charge in [-0.25, -0.2) is 0 Å². The van der Waals surface area contributed by atoms with Gasteiger partial charge < -0.3 is 4.52 Å². The number of hydrogen-bond donors (Lipinski definition) is 0. The van der Waals surface area contributed by atoms with Crippen molar-refractivity contribution < 1.29 is 9.45 Å². The van der Waals surface area contributed by atoms with Crippen LogP contribution in [0.1, 0.15) is 28.6 Å². The number of hydrogen-bond acceptors (Lipinski definition) is 5. The highest BCUT2D eigenvalue weighted by molar-refractivity contribution is 5.78. The van der Waals surface area contributed by atoms with Crippen LogP contribution >= 0.6 is 0 Å². The van der Waals surface area contributed by atoms with Gasteiger partial charge in [0.25, 0.3) is 0 Å². The van der Waals surface area contributed by atoms with Gasteiger partial charge in [-0.2, -0.15) is 0 Å². The molecule has 6 nitrogen and oxygen atoms in total. The summed E-state index contributed by atoms with van der Waals surface area (Å²) >= 11 is 0. The largest absolute Gasteiger partial charge is 0.354 e. The van der Waals surface area contributed by atoms with Crippen molar-refractivity contribution in [3.05, 3.63) is 99.6 Å². The first kappa shape index (κ1) is 17.9. The highest BCUT2D eigenvalue weighted by atomic mass is 16.6. The topological polar surface area (TPSA) is 82.1 Å². The van der Waals surface area contributed by atoms with Crippen LogP contribution in [0, 0.1) is 17.0 Å². The molecule has 0 aliphatic rings. The molecule has 0 radical (unpaired) electrons. The number of rotatable bonds is 6.